The number of rotatable bonds is 6. The molecule has 13 heteroatoms. The molecule has 12 nitrogen and oxygen atoms in total. The number of carbonyl (C=O) groups is 2. The van der Waals surface area contributed by atoms with Gasteiger partial charge in [0.2, 0.25) is 10.0 Å². The summed E-state index contributed by atoms with van der Waals surface area (Å²) >= 11 is 0. The summed E-state index contributed by atoms with van der Waals surface area (Å²) in [6.07, 6.45) is 0. The summed E-state index contributed by atoms with van der Waals surface area (Å²) in [5.74, 6) is -1.07. The van der Waals surface area contributed by atoms with Crippen molar-refractivity contribution in [2.45, 2.75) is 44.6 Å². The van der Waals surface area contributed by atoms with Gasteiger partial charge >= 0.3 is 5.97 Å². The molecule has 1 saturated heterocycles. The molecule has 3 rings (SSSR count). The van der Waals surface area contributed by atoms with Crippen LogP contribution in [0.3, 0.4) is 0 Å². The first kappa shape index (κ1) is 26.2. The number of ether oxygens (including phenoxy) is 1. The van der Waals surface area contributed by atoms with Gasteiger partial charge in [0.25, 0.3) is 11.6 Å². The van der Waals surface area contributed by atoms with E-state index >= 15 is 0 Å². The van der Waals surface area contributed by atoms with Crippen LogP contribution in [0.4, 0.5) is 5.69 Å². The molecule has 0 bridgehead atoms. The van der Waals surface area contributed by atoms with E-state index in [-0.39, 0.29) is 47.4 Å². The van der Waals surface area contributed by atoms with Gasteiger partial charge in [-0.05, 0) is 31.9 Å². The molecule has 1 fully saturated rings. The number of esters is 1. The number of nitro groups is 1. The highest BCUT2D eigenvalue weighted by atomic mass is 32.2. The van der Waals surface area contributed by atoms with Crippen LogP contribution in [0.25, 0.3) is 0 Å². The summed E-state index contributed by atoms with van der Waals surface area (Å²) in [6.45, 7) is 7.09. The van der Waals surface area contributed by atoms with E-state index in [9.17, 15) is 28.1 Å². The van der Waals surface area contributed by atoms with Crippen molar-refractivity contribution < 1.29 is 27.7 Å². The van der Waals surface area contributed by atoms with Crippen molar-refractivity contribution in [1.82, 2.24) is 19.2 Å². The Morgan fingerprint density at radius 2 is 1.80 bits per heavy atom. The molecule has 0 aliphatic carbocycles. The molecule has 1 aromatic carbocycles. The van der Waals surface area contributed by atoms with Gasteiger partial charge in [-0.3, -0.25) is 14.9 Å². The van der Waals surface area contributed by atoms with Crippen molar-refractivity contribution in [1.29, 1.82) is 0 Å². The van der Waals surface area contributed by atoms with Crippen LogP contribution < -0.4 is 0 Å². The SMILES string of the molecule is COC(=O)c1c(C(=O)N2CCN(S(=O)(=O)c3ccc([N+](=O)[O-])cc3)C(C)C2)nc(C)nc1C(C)C. The number of amides is 1. The van der Waals surface area contributed by atoms with Gasteiger partial charge in [0, 0.05) is 37.8 Å². The lowest BCUT2D eigenvalue weighted by Gasteiger charge is -2.39. The third kappa shape index (κ3) is 5.15. The predicted molar refractivity (Wildman–Crippen MR) is 125 cm³/mol. The van der Waals surface area contributed by atoms with E-state index in [4.69, 9.17) is 4.74 Å². The number of aromatic nitrogens is 2. The van der Waals surface area contributed by atoms with Crippen LogP contribution in [-0.2, 0) is 14.8 Å². The third-order valence-corrected chi connectivity index (χ3v) is 7.72. The van der Waals surface area contributed by atoms with Crippen LogP contribution in [0.1, 0.15) is 59.1 Å². The van der Waals surface area contributed by atoms with Crippen molar-refractivity contribution in [2.75, 3.05) is 26.7 Å². The zero-order chi connectivity index (χ0) is 26.1. The van der Waals surface area contributed by atoms with Crippen LogP contribution in [0.15, 0.2) is 29.2 Å². The number of hydrogen-bond acceptors (Lipinski definition) is 9. The fraction of sp³-hybridized carbons (Fsp3) is 0.455. The molecule has 2 aromatic rings. The van der Waals surface area contributed by atoms with Gasteiger partial charge < -0.3 is 9.64 Å². The Labute approximate surface area is 203 Å². The Morgan fingerprint density at radius 1 is 1.17 bits per heavy atom. The molecule has 1 atom stereocenters. The van der Waals surface area contributed by atoms with E-state index in [1.165, 1.54) is 28.4 Å². The minimum absolute atomic E-state index is 0.000881. The monoisotopic (exact) mass is 505 g/mol. The number of piperazine rings is 1. The van der Waals surface area contributed by atoms with Crippen molar-refractivity contribution in [3.8, 4) is 0 Å². The molecule has 0 spiro atoms. The number of nitro benzene ring substituents is 1. The highest BCUT2D eigenvalue weighted by Gasteiger charge is 2.37. The maximum Gasteiger partial charge on any atom is 0.342 e. The second kappa shape index (κ2) is 10.0. The number of aryl methyl sites for hydroxylation is 1. The predicted octanol–water partition coefficient (Wildman–Crippen LogP) is 2.14. The summed E-state index contributed by atoms with van der Waals surface area (Å²) in [5, 5.41) is 10.9. The van der Waals surface area contributed by atoms with Gasteiger partial charge in [-0.25, -0.2) is 23.2 Å². The van der Waals surface area contributed by atoms with E-state index in [1.807, 2.05) is 13.8 Å². The summed E-state index contributed by atoms with van der Waals surface area (Å²) in [5.41, 5.74) is 0.119. The zero-order valence-electron chi connectivity index (χ0n) is 20.1. The van der Waals surface area contributed by atoms with Crippen LogP contribution in [0.5, 0.6) is 0 Å². The highest BCUT2D eigenvalue weighted by molar-refractivity contribution is 7.89. The zero-order valence-corrected chi connectivity index (χ0v) is 20.9. The summed E-state index contributed by atoms with van der Waals surface area (Å²) < 4.78 is 32.4. The molecule has 2 heterocycles. The van der Waals surface area contributed by atoms with E-state index < -0.39 is 32.9 Å². The maximum atomic E-state index is 13.4. The van der Waals surface area contributed by atoms with E-state index in [0.29, 0.717) is 11.5 Å². The first-order valence-corrected chi connectivity index (χ1v) is 12.3. The molecule has 1 unspecified atom stereocenters. The second-order valence-corrected chi connectivity index (χ2v) is 10.4. The molecule has 1 aliphatic heterocycles. The number of methoxy groups -OCH3 is 1. The molecule has 1 aromatic heterocycles. The number of nitrogens with zero attached hydrogens (tertiary/aromatic N) is 5. The van der Waals surface area contributed by atoms with Crippen LogP contribution >= 0.6 is 0 Å². The Kier molecular flexibility index (Phi) is 7.50. The van der Waals surface area contributed by atoms with Gasteiger partial charge in [0.05, 0.1) is 22.6 Å². The lowest BCUT2D eigenvalue weighted by atomic mass is 10.0. The fourth-order valence-corrected chi connectivity index (χ4v) is 5.59. The van der Waals surface area contributed by atoms with Gasteiger partial charge in [0.1, 0.15) is 17.1 Å². The topological polar surface area (TPSA) is 153 Å². The molecule has 1 amide bonds. The van der Waals surface area contributed by atoms with Gasteiger partial charge in [0.15, 0.2) is 0 Å². The minimum Gasteiger partial charge on any atom is -0.465 e. The van der Waals surface area contributed by atoms with Crippen molar-refractivity contribution in [2.24, 2.45) is 0 Å². The average molecular weight is 506 g/mol. The van der Waals surface area contributed by atoms with E-state index in [0.717, 1.165) is 12.1 Å². The Balaban J connectivity index is 1.88. The van der Waals surface area contributed by atoms with Crippen LogP contribution in [0, 0.1) is 17.0 Å². The third-order valence-electron chi connectivity index (χ3n) is 5.70. The van der Waals surface area contributed by atoms with Gasteiger partial charge in [-0.1, -0.05) is 13.8 Å². The maximum absolute atomic E-state index is 13.4. The fourth-order valence-electron chi connectivity index (χ4n) is 3.98. The second-order valence-electron chi connectivity index (χ2n) is 8.49. The van der Waals surface area contributed by atoms with Crippen molar-refractivity contribution in [3.05, 3.63) is 57.2 Å². The molecule has 188 valence electrons. The Morgan fingerprint density at radius 3 is 2.31 bits per heavy atom. The Hall–Kier alpha value is -3.45. The van der Waals surface area contributed by atoms with Crippen LogP contribution in [0.2, 0.25) is 0 Å². The van der Waals surface area contributed by atoms with E-state index in [1.54, 1.807) is 13.8 Å². The average Bonchev–Trinajstić information content (AvgIpc) is 2.82. The standard InChI is InChI=1S/C22H27N5O7S/c1-13(2)19-18(22(29)34-5)20(24-15(4)23-19)21(28)25-10-11-26(14(3)12-25)35(32,33)17-8-6-16(7-9-17)27(30)31/h6-9,13-14H,10-12H2,1-5H3. The summed E-state index contributed by atoms with van der Waals surface area (Å²) in [7, 11) is -2.73. The lowest BCUT2D eigenvalue weighted by Crippen LogP contribution is -2.55. The molecule has 0 radical (unpaired) electrons. The number of sulfonamides is 1. The van der Waals surface area contributed by atoms with Gasteiger partial charge in [-0.15, -0.1) is 0 Å². The Bertz CT molecular complexity index is 1260. The lowest BCUT2D eigenvalue weighted by molar-refractivity contribution is -0.384. The molecule has 1 aliphatic rings. The van der Waals surface area contributed by atoms with Crippen LogP contribution in [-0.4, -0.2) is 77.2 Å². The van der Waals surface area contributed by atoms with Gasteiger partial charge in [-0.2, -0.15) is 4.31 Å². The highest BCUT2D eigenvalue weighted by Crippen LogP contribution is 2.26. The number of carbonyl (C=O) groups excluding carboxylic acids is 2. The molecule has 0 N–H and O–H groups in total. The molecular formula is C22H27N5O7S. The summed E-state index contributed by atoms with van der Waals surface area (Å²) in [6, 6.07) is 4.06. The normalized spacial score (nSPS) is 16.9. The first-order chi connectivity index (χ1) is 16.4. The minimum atomic E-state index is -3.94. The smallest absolute Gasteiger partial charge is 0.342 e. The van der Waals surface area contributed by atoms with Crippen molar-refractivity contribution >= 4 is 27.6 Å². The molecule has 0 saturated carbocycles. The number of benzene rings is 1. The molecule has 35 heavy (non-hydrogen) atoms. The summed E-state index contributed by atoms with van der Waals surface area (Å²) in [4.78, 5) is 46.2. The quantitative estimate of drug-likeness (QED) is 0.326. The first-order valence-electron chi connectivity index (χ1n) is 10.9. The van der Waals surface area contributed by atoms with E-state index in [2.05, 4.69) is 9.97 Å². The number of hydrogen-bond donors (Lipinski definition) is 0. The largest absolute Gasteiger partial charge is 0.465 e. The molecular weight excluding hydrogens is 478 g/mol. The number of non-ortho nitro benzene ring substituents is 1. The van der Waals surface area contributed by atoms with Crippen molar-refractivity contribution in [3.63, 3.8) is 0 Å².